The van der Waals surface area contributed by atoms with Gasteiger partial charge in [-0.2, -0.15) is 0 Å². The van der Waals surface area contributed by atoms with Crippen molar-refractivity contribution < 1.29 is 9.47 Å². The molecule has 0 aromatic carbocycles. The Bertz CT molecular complexity index is 428. The second-order valence-corrected chi connectivity index (χ2v) is 5.30. The molecule has 2 heterocycles. The summed E-state index contributed by atoms with van der Waals surface area (Å²) in [6.45, 7) is 2.09. The number of hydrogen-bond donors (Lipinski definition) is 0. The molecular weight excluding hydrogens is 292 g/mol. The minimum atomic E-state index is -0.0362. The summed E-state index contributed by atoms with van der Waals surface area (Å²) in [4.78, 5) is 0. The molecule has 0 aliphatic carbocycles. The van der Waals surface area contributed by atoms with E-state index in [1.165, 1.54) is 0 Å². The zero-order chi connectivity index (χ0) is 13.0. The van der Waals surface area contributed by atoms with Gasteiger partial charge in [-0.1, -0.05) is 47.0 Å². The molecule has 0 radical (unpaired) electrons. The molecule has 2 aliphatic rings. The number of fused-ring (bicyclic) bond motifs is 2. The SMILES string of the molecule is C#C/C=C/C[C@H]1O/C(=C(/Br)CC)[C@H]2C=CC[C@@H]1O2. The molecule has 0 saturated carbocycles. The van der Waals surface area contributed by atoms with Crippen molar-refractivity contribution in [3.05, 3.63) is 34.5 Å². The Morgan fingerprint density at radius 3 is 3.22 bits per heavy atom. The number of hydrogen-bond acceptors (Lipinski definition) is 2. The van der Waals surface area contributed by atoms with Gasteiger partial charge in [0.1, 0.15) is 18.0 Å². The van der Waals surface area contributed by atoms with Gasteiger partial charge >= 0.3 is 0 Å². The highest BCUT2D eigenvalue weighted by Crippen LogP contribution is 2.35. The molecule has 0 aromatic rings. The van der Waals surface area contributed by atoms with E-state index >= 15 is 0 Å². The van der Waals surface area contributed by atoms with Crippen molar-refractivity contribution in [3.8, 4) is 12.3 Å². The zero-order valence-corrected chi connectivity index (χ0v) is 12.0. The molecule has 2 bridgehead atoms. The second-order valence-electron chi connectivity index (χ2n) is 4.34. The molecule has 3 atom stereocenters. The second kappa shape index (κ2) is 6.26. The molecule has 0 spiro atoms. The molecule has 96 valence electrons. The maximum atomic E-state index is 6.09. The van der Waals surface area contributed by atoms with Gasteiger partial charge in [-0.3, -0.25) is 0 Å². The smallest absolute Gasteiger partial charge is 0.139 e. The van der Waals surface area contributed by atoms with Crippen LogP contribution in [0, 0.1) is 12.3 Å². The van der Waals surface area contributed by atoms with E-state index in [0.717, 1.165) is 29.5 Å². The maximum Gasteiger partial charge on any atom is 0.139 e. The quantitative estimate of drug-likeness (QED) is 0.585. The van der Waals surface area contributed by atoms with Crippen LogP contribution in [0.2, 0.25) is 0 Å². The first kappa shape index (κ1) is 13.5. The average Bonchev–Trinajstić information content (AvgIpc) is 2.41. The lowest BCUT2D eigenvalue weighted by molar-refractivity contribution is -0.130. The van der Waals surface area contributed by atoms with Gasteiger partial charge in [0, 0.05) is 10.9 Å². The Morgan fingerprint density at radius 1 is 1.67 bits per heavy atom. The molecule has 0 aromatic heterocycles. The third-order valence-corrected chi connectivity index (χ3v) is 4.06. The summed E-state index contributed by atoms with van der Waals surface area (Å²) in [5, 5.41) is 0. The van der Waals surface area contributed by atoms with Crippen LogP contribution in [0.4, 0.5) is 0 Å². The monoisotopic (exact) mass is 308 g/mol. The lowest BCUT2D eigenvalue weighted by Crippen LogP contribution is -2.43. The average molecular weight is 309 g/mol. The standard InChI is InChI=1S/C15H17BrO2/c1-3-5-6-8-13-12-9-7-10-14(17-12)15(18-13)11(16)4-2/h1,5-7,10,12-14H,4,8-9H2,2H3/b6-5+,15-11+/t12-,13+,14+/m0/s1. The highest BCUT2D eigenvalue weighted by atomic mass is 79.9. The van der Waals surface area contributed by atoms with Crippen LogP contribution in [0.5, 0.6) is 0 Å². The van der Waals surface area contributed by atoms with Crippen LogP contribution in [0.1, 0.15) is 26.2 Å². The fraction of sp³-hybridized carbons (Fsp3) is 0.467. The first-order valence-corrected chi connectivity index (χ1v) is 7.04. The molecule has 3 heteroatoms. The Hall–Kier alpha value is -0.980. The Morgan fingerprint density at radius 2 is 2.50 bits per heavy atom. The van der Waals surface area contributed by atoms with Gasteiger partial charge in [-0.15, -0.1) is 6.42 Å². The maximum absolute atomic E-state index is 6.09. The third kappa shape index (κ3) is 2.88. The third-order valence-electron chi connectivity index (χ3n) is 3.11. The fourth-order valence-corrected chi connectivity index (χ4v) is 2.50. The van der Waals surface area contributed by atoms with Crippen LogP contribution in [-0.4, -0.2) is 18.3 Å². The minimum Gasteiger partial charge on any atom is -0.488 e. The van der Waals surface area contributed by atoms with Gasteiger partial charge < -0.3 is 9.47 Å². The van der Waals surface area contributed by atoms with Crippen molar-refractivity contribution in [1.82, 2.24) is 0 Å². The summed E-state index contributed by atoms with van der Waals surface area (Å²) in [5.74, 6) is 3.40. The summed E-state index contributed by atoms with van der Waals surface area (Å²) in [5.41, 5.74) is 0. The van der Waals surface area contributed by atoms with Crippen molar-refractivity contribution in [1.29, 1.82) is 0 Å². The van der Waals surface area contributed by atoms with Crippen LogP contribution in [-0.2, 0) is 9.47 Å². The van der Waals surface area contributed by atoms with Crippen LogP contribution in [0.15, 0.2) is 34.5 Å². The summed E-state index contributed by atoms with van der Waals surface area (Å²) >= 11 is 3.56. The van der Waals surface area contributed by atoms with Crippen LogP contribution in [0.25, 0.3) is 0 Å². The van der Waals surface area contributed by atoms with Crippen LogP contribution >= 0.6 is 15.9 Å². The van der Waals surface area contributed by atoms with Crippen molar-refractivity contribution in [2.24, 2.45) is 0 Å². The van der Waals surface area contributed by atoms with Gasteiger partial charge in [0.25, 0.3) is 0 Å². The highest BCUT2D eigenvalue weighted by molar-refractivity contribution is 9.11. The molecule has 18 heavy (non-hydrogen) atoms. The van der Waals surface area contributed by atoms with E-state index in [1.807, 2.05) is 6.08 Å². The van der Waals surface area contributed by atoms with E-state index in [0.29, 0.717) is 0 Å². The van der Waals surface area contributed by atoms with E-state index in [2.05, 4.69) is 40.9 Å². The molecule has 0 amide bonds. The normalized spacial score (nSPS) is 33.1. The number of ether oxygens (including phenoxy) is 2. The molecule has 1 saturated heterocycles. The summed E-state index contributed by atoms with van der Waals surface area (Å²) in [6, 6.07) is 0. The van der Waals surface area contributed by atoms with Crippen molar-refractivity contribution in [2.75, 3.05) is 0 Å². The topological polar surface area (TPSA) is 18.5 Å². The molecule has 2 rings (SSSR count). The highest BCUT2D eigenvalue weighted by Gasteiger charge is 2.36. The number of halogens is 1. The first-order valence-electron chi connectivity index (χ1n) is 6.24. The molecule has 1 fully saturated rings. The lowest BCUT2D eigenvalue weighted by Gasteiger charge is -2.40. The Kier molecular flexibility index (Phi) is 4.68. The van der Waals surface area contributed by atoms with Crippen molar-refractivity contribution in [3.63, 3.8) is 0 Å². The van der Waals surface area contributed by atoms with E-state index in [1.54, 1.807) is 6.08 Å². The summed E-state index contributed by atoms with van der Waals surface area (Å²) in [7, 11) is 0. The van der Waals surface area contributed by atoms with Crippen LogP contribution < -0.4 is 0 Å². The number of terminal acetylenes is 1. The minimum absolute atomic E-state index is 0.0362. The Balaban J connectivity index is 2.16. The molecule has 0 N–H and O–H groups in total. The summed E-state index contributed by atoms with van der Waals surface area (Å²) < 4.78 is 13.2. The van der Waals surface area contributed by atoms with Gasteiger partial charge in [0.15, 0.2) is 0 Å². The van der Waals surface area contributed by atoms with Crippen LogP contribution in [0.3, 0.4) is 0 Å². The first-order chi connectivity index (χ1) is 8.76. The van der Waals surface area contributed by atoms with Gasteiger partial charge in [-0.05, 0) is 18.9 Å². The molecular formula is C15H17BrO2. The predicted molar refractivity (Wildman–Crippen MR) is 76.1 cm³/mol. The lowest BCUT2D eigenvalue weighted by atomic mass is 9.99. The molecule has 2 nitrogen and oxygen atoms in total. The Labute approximate surface area is 117 Å². The van der Waals surface area contributed by atoms with Gasteiger partial charge in [-0.25, -0.2) is 0 Å². The van der Waals surface area contributed by atoms with Crippen molar-refractivity contribution >= 4 is 15.9 Å². The van der Waals surface area contributed by atoms with Gasteiger partial charge in [0.2, 0.25) is 0 Å². The van der Waals surface area contributed by atoms with Crippen molar-refractivity contribution in [2.45, 2.75) is 44.5 Å². The van der Waals surface area contributed by atoms with E-state index < -0.39 is 0 Å². The van der Waals surface area contributed by atoms with E-state index in [4.69, 9.17) is 15.9 Å². The predicted octanol–water partition coefficient (Wildman–Crippen LogP) is 3.69. The molecule has 2 aliphatic heterocycles. The number of rotatable bonds is 3. The van der Waals surface area contributed by atoms with Gasteiger partial charge in [0.05, 0.1) is 6.10 Å². The fourth-order valence-electron chi connectivity index (χ4n) is 2.18. The molecule has 0 unspecified atom stereocenters. The summed E-state index contributed by atoms with van der Waals surface area (Å²) in [6.07, 6.45) is 15.9. The van der Waals surface area contributed by atoms with E-state index in [-0.39, 0.29) is 18.3 Å². The number of allylic oxidation sites excluding steroid dienone is 2. The van der Waals surface area contributed by atoms with E-state index in [9.17, 15) is 0 Å². The largest absolute Gasteiger partial charge is 0.488 e. The zero-order valence-electron chi connectivity index (χ0n) is 10.4.